The number of fused-ring (bicyclic) bond motifs is 1. The van der Waals surface area contributed by atoms with E-state index >= 15 is 0 Å². The molecule has 0 aliphatic rings. The summed E-state index contributed by atoms with van der Waals surface area (Å²) in [7, 11) is 0. The summed E-state index contributed by atoms with van der Waals surface area (Å²) in [6.45, 7) is 4.25. The van der Waals surface area contributed by atoms with Crippen LogP contribution < -0.4 is 5.56 Å². The molecule has 0 saturated carbocycles. The minimum absolute atomic E-state index is 0.0712. The highest BCUT2D eigenvalue weighted by atomic mass is 32.1. The lowest BCUT2D eigenvalue weighted by Gasteiger charge is -2.21. The zero-order chi connectivity index (χ0) is 22.6. The molecule has 0 unspecified atom stereocenters. The highest BCUT2D eigenvalue weighted by molar-refractivity contribution is 7.09. The first-order valence-corrected chi connectivity index (χ1v) is 11.7. The van der Waals surface area contributed by atoms with Crippen LogP contribution >= 0.6 is 11.3 Å². The number of hydrogen-bond donors (Lipinski definition) is 1. The summed E-state index contributed by atoms with van der Waals surface area (Å²) in [5.74, 6) is 1.50. The fourth-order valence-corrected chi connectivity index (χ4v) is 4.63. The van der Waals surface area contributed by atoms with Crippen molar-refractivity contribution in [1.29, 1.82) is 0 Å². The Balaban J connectivity index is 1.43. The Kier molecular flexibility index (Phi) is 6.14. The number of rotatable bonds is 9. The fourth-order valence-electron chi connectivity index (χ4n) is 3.88. The number of aromatic nitrogens is 5. The number of H-pyrrole nitrogens is 1. The van der Waals surface area contributed by atoms with Crippen molar-refractivity contribution in [3.05, 3.63) is 98.1 Å². The van der Waals surface area contributed by atoms with E-state index in [-0.39, 0.29) is 5.56 Å². The van der Waals surface area contributed by atoms with Crippen LogP contribution in [0.3, 0.4) is 0 Å². The molecule has 5 rings (SSSR count). The van der Waals surface area contributed by atoms with Gasteiger partial charge in [0.05, 0.1) is 12.8 Å². The summed E-state index contributed by atoms with van der Waals surface area (Å²) >= 11 is 1.69. The van der Waals surface area contributed by atoms with E-state index in [0.717, 1.165) is 28.6 Å². The van der Waals surface area contributed by atoms with Crippen LogP contribution in [0.2, 0.25) is 0 Å². The van der Waals surface area contributed by atoms with Crippen LogP contribution in [0.5, 0.6) is 0 Å². The van der Waals surface area contributed by atoms with Gasteiger partial charge in [-0.3, -0.25) is 9.69 Å². The number of nitrogens with zero attached hydrogens (tertiary/aromatic N) is 5. The van der Waals surface area contributed by atoms with Crippen molar-refractivity contribution in [2.24, 2.45) is 0 Å². The van der Waals surface area contributed by atoms with Crippen molar-refractivity contribution in [2.45, 2.75) is 39.5 Å². The summed E-state index contributed by atoms with van der Waals surface area (Å²) in [5, 5.41) is 15.3. The molecule has 9 heteroatoms. The Labute approximate surface area is 194 Å². The number of aromatic amines is 1. The molecule has 0 fully saturated rings. The van der Waals surface area contributed by atoms with Gasteiger partial charge in [0.25, 0.3) is 5.56 Å². The van der Waals surface area contributed by atoms with Gasteiger partial charge in [-0.1, -0.05) is 19.1 Å². The second-order valence-corrected chi connectivity index (χ2v) is 8.99. The van der Waals surface area contributed by atoms with Gasteiger partial charge in [-0.2, -0.15) is 0 Å². The number of tetrazole rings is 1. The molecule has 0 spiro atoms. The molecular formula is C24H24N6O2S. The predicted molar refractivity (Wildman–Crippen MR) is 127 cm³/mol. The van der Waals surface area contributed by atoms with E-state index in [1.165, 1.54) is 10.4 Å². The molecule has 0 amide bonds. The third-order valence-corrected chi connectivity index (χ3v) is 6.47. The Morgan fingerprint density at radius 2 is 2.06 bits per heavy atom. The zero-order valence-electron chi connectivity index (χ0n) is 18.3. The molecule has 0 aliphatic heterocycles. The smallest absolute Gasteiger partial charge is 0.252 e. The van der Waals surface area contributed by atoms with E-state index in [9.17, 15) is 4.79 Å². The third-order valence-electron chi connectivity index (χ3n) is 5.60. The first kappa shape index (κ1) is 21.3. The van der Waals surface area contributed by atoms with Gasteiger partial charge >= 0.3 is 0 Å². The lowest BCUT2D eigenvalue weighted by atomic mass is 10.1. The molecule has 0 saturated heterocycles. The fraction of sp³-hybridized carbons (Fsp3) is 0.250. The molecule has 168 valence electrons. The predicted octanol–water partition coefficient (Wildman–Crippen LogP) is 3.98. The summed E-state index contributed by atoms with van der Waals surface area (Å²) in [6, 6.07) is 16.1. The maximum Gasteiger partial charge on any atom is 0.252 e. The maximum atomic E-state index is 12.9. The Bertz CT molecular complexity index is 1390. The maximum absolute atomic E-state index is 12.9. The second-order valence-electron chi connectivity index (χ2n) is 7.96. The van der Waals surface area contributed by atoms with Crippen molar-refractivity contribution in [3.63, 3.8) is 0 Å². The molecule has 1 N–H and O–H groups in total. The van der Waals surface area contributed by atoms with Gasteiger partial charge in [0.2, 0.25) is 0 Å². The quantitative estimate of drug-likeness (QED) is 0.358. The van der Waals surface area contributed by atoms with E-state index in [1.807, 2.05) is 30.3 Å². The molecule has 1 aromatic carbocycles. The van der Waals surface area contributed by atoms with Gasteiger partial charge in [-0.25, -0.2) is 4.68 Å². The Morgan fingerprint density at radius 3 is 2.85 bits per heavy atom. The first-order valence-electron chi connectivity index (χ1n) is 10.8. The van der Waals surface area contributed by atoms with E-state index in [0.29, 0.717) is 32.0 Å². The average Bonchev–Trinajstić information content (AvgIpc) is 3.59. The van der Waals surface area contributed by atoms with Crippen molar-refractivity contribution in [1.82, 2.24) is 30.1 Å². The molecule has 8 nitrogen and oxygen atoms in total. The minimum atomic E-state index is -0.0712. The summed E-state index contributed by atoms with van der Waals surface area (Å²) in [5.41, 5.74) is 2.75. The summed E-state index contributed by atoms with van der Waals surface area (Å²) < 4.78 is 7.18. The van der Waals surface area contributed by atoms with Gasteiger partial charge < -0.3 is 9.40 Å². The standard InChI is InChI=1S/C24H24N6O2S/c1-2-17-7-8-22-18(11-17)12-19(24(31)25-22)13-29(15-21-6-4-10-33-21)16-23-26-27-28-30(23)14-20-5-3-9-32-20/h3-12H,2,13-16H2,1H3,(H,25,31). The Morgan fingerprint density at radius 1 is 1.12 bits per heavy atom. The number of hydrogen-bond acceptors (Lipinski definition) is 7. The first-order chi connectivity index (χ1) is 16.2. The van der Waals surface area contributed by atoms with Crippen LogP contribution in [0.1, 0.15) is 34.5 Å². The molecule has 0 bridgehead atoms. The van der Waals surface area contributed by atoms with Gasteiger partial charge in [-0.15, -0.1) is 16.4 Å². The monoisotopic (exact) mass is 460 g/mol. The van der Waals surface area contributed by atoms with E-state index in [2.05, 4.69) is 55.9 Å². The second kappa shape index (κ2) is 9.51. The number of thiophene rings is 1. The summed E-state index contributed by atoms with van der Waals surface area (Å²) in [6.07, 6.45) is 2.59. The third kappa shape index (κ3) is 4.94. The highest BCUT2D eigenvalue weighted by Gasteiger charge is 2.17. The number of benzene rings is 1. The molecule has 0 atom stereocenters. The number of pyridine rings is 1. The van der Waals surface area contributed by atoms with E-state index in [4.69, 9.17) is 4.42 Å². The highest BCUT2D eigenvalue weighted by Crippen LogP contribution is 2.19. The number of furan rings is 1. The number of nitrogens with one attached hydrogen (secondary N) is 1. The topological polar surface area (TPSA) is 92.8 Å². The molecule has 0 radical (unpaired) electrons. The number of aryl methyl sites for hydroxylation is 1. The minimum Gasteiger partial charge on any atom is -0.467 e. The average molecular weight is 461 g/mol. The molecule has 4 heterocycles. The van der Waals surface area contributed by atoms with Crippen LogP contribution in [0, 0.1) is 0 Å². The zero-order valence-corrected chi connectivity index (χ0v) is 19.1. The van der Waals surface area contributed by atoms with Gasteiger partial charge in [0, 0.05) is 29.0 Å². The molecule has 0 aliphatic carbocycles. The lowest BCUT2D eigenvalue weighted by Crippen LogP contribution is -2.27. The van der Waals surface area contributed by atoms with Crippen molar-refractivity contribution < 1.29 is 4.42 Å². The van der Waals surface area contributed by atoms with Gasteiger partial charge in [0.15, 0.2) is 5.82 Å². The van der Waals surface area contributed by atoms with Gasteiger partial charge in [0.1, 0.15) is 12.3 Å². The van der Waals surface area contributed by atoms with Crippen molar-refractivity contribution in [2.75, 3.05) is 0 Å². The van der Waals surface area contributed by atoms with Gasteiger partial charge in [-0.05, 0) is 69.6 Å². The van der Waals surface area contributed by atoms with E-state index < -0.39 is 0 Å². The molecule has 5 aromatic rings. The van der Waals surface area contributed by atoms with Crippen LogP contribution in [0.4, 0.5) is 0 Å². The molecule has 4 aromatic heterocycles. The van der Waals surface area contributed by atoms with Crippen molar-refractivity contribution in [3.8, 4) is 0 Å². The Hall–Kier alpha value is -3.56. The van der Waals surface area contributed by atoms with Crippen LogP contribution in [0.25, 0.3) is 10.9 Å². The largest absolute Gasteiger partial charge is 0.467 e. The van der Waals surface area contributed by atoms with Crippen LogP contribution in [-0.2, 0) is 32.6 Å². The van der Waals surface area contributed by atoms with E-state index in [1.54, 1.807) is 22.3 Å². The molecule has 33 heavy (non-hydrogen) atoms. The molecular weight excluding hydrogens is 436 g/mol. The summed E-state index contributed by atoms with van der Waals surface area (Å²) in [4.78, 5) is 19.3. The van der Waals surface area contributed by atoms with Crippen LogP contribution in [-0.4, -0.2) is 30.1 Å². The SMILES string of the molecule is CCc1ccc2[nH]c(=O)c(CN(Cc3cccs3)Cc3nnnn3Cc3ccco3)cc2c1. The van der Waals surface area contributed by atoms with Crippen LogP contribution in [0.15, 0.2) is 69.4 Å². The van der Waals surface area contributed by atoms with Crippen molar-refractivity contribution >= 4 is 22.2 Å². The normalized spacial score (nSPS) is 11.6. The lowest BCUT2D eigenvalue weighted by molar-refractivity contribution is 0.237.